The molecule has 0 aliphatic heterocycles. The van der Waals surface area contributed by atoms with Crippen molar-refractivity contribution in [2.75, 3.05) is 6.54 Å². The van der Waals surface area contributed by atoms with E-state index in [2.05, 4.69) is 27.7 Å². The van der Waals surface area contributed by atoms with Crippen LogP contribution in [-0.4, -0.2) is 23.9 Å². The molecule has 0 aromatic carbocycles. The van der Waals surface area contributed by atoms with Gasteiger partial charge in [0.15, 0.2) is 0 Å². The minimum atomic E-state index is 0.442. The van der Waals surface area contributed by atoms with E-state index in [-0.39, 0.29) is 0 Å². The van der Waals surface area contributed by atoms with Crippen LogP contribution in [0.1, 0.15) is 59.8 Å². The Bertz CT molecular complexity index is 151. The van der Waals surface area contributed by atoms with Crippen molar-refractivity contribution in [2.24, 2.45) is 5.92 Å². The fourth-order valence-corrected chi connectivity index (χ4v) is 2.11. The monoisotopic (exact) mass is 213 g/mol. The van der Waals surface area contributed by atoms with E-state index in [9.17, 15) is 4.79 Å². The van der Waals surface area contributed by atoms with Crippen molar-refractivity contribution < 1.29 is 4.79 Å². The van der Waals surface area contributed by atoms with Crippen molar-refractivity contribution in [3.8, 4) is 0 Å². The molecule has 0 saturated heterocycles. The zero-order valence-electron chi connectivity index (χ0n) is 10.8. The predicted octanol–water partition coefficient (Wildman–Crippen LogP) is 3.46. The third kappa shape index (κ3) is 5.19. The second-order valence-corrected chi connectivity index (χ2v) is 4.28. The molecule has 2 heteroatoms. The van der Waals surface area contributed by atoms with E-state index < -0.39 is 0 Å². The Labute approximate surface area is 95.0 Å². The highest BCUT2D eigenvalue weighted by molar-refractivity contribution is 5.47. The van der Waals surface area contributed by atoms with Crippen LogP contribution in [0.2, 0.25) is 0 Å². The first-order valence-electron chi connectivity index (χ1n) is 6.44. The lowest BCUT2D eigenvalue weighted by Gasteiger charge is -2.27. The summed E-state index contributed by atoms with van der Waals surface area (Å²) in [6.45, 7) is 9.71. The maximum Gasteiger partial charge on any atom is 0.209 e. The lowest BCUT2D eigenvalue weighted by atomic mass is 9.99. The SMILES string of the molecule is CCC(CC)CCN(C=O)C(CC)CC. The van der Waals surface area contributed by atoms with Crippen LogP contribution in [-0.2, 0) is 4.79 Å². The summed E-state index contributed by atoms with van der Waals surface area (Å²) in [5.41, 5.74) is 0. The number of nitrogens with zero attached hydrogens (tertiary/aromatic N) is 1. The molecule has 0 aliphatic rings. The molecule has 0 heterocycles. The van der Waals surface area contributed by atoms with E-state index in [4.69, 9.17) is 0 Å². The average Bonchev–Trinajstić information content (AvgIpc) is 2.29. The normalized spacial score (nSPS) is 11.1. The quantitative estimate of drug-likeness (QED) is 0.537. The molecule has 0 saturated carbocycles. The van der Waals surface area contributed by atoms with Crippen molar-refractivity contribution in [3.05, 3.63) is 0 Å². The Balaban J connectivity index is 4.03. The first-order valence-corrected chi connectivity index (χ1v) is 6.44. The van der Waals surface area contributed by atoms with Gasteiger partial charge in [0.2, 0.25) is 6.41 Å². The number of amides is 1. The van der Waals surface area contributed by atoms with Crippen LogP contribution in [0.25, 0.3) is 0 Å². The molecule has 0 N–H and O–H groups in total. The van der Waals surface area contributed by atoms with Crippen molar-refractivity contribution in [1.29, 1.82) is 0 Å². The Kier molecular flexibility index (Phi) is 8.44. The molecule has 0 radical (unpaired) electrons. The van der Waals surface area contributed by atoms with E-state index in [1.54, 1.807) is 0 Å². The summed E-state index contributed by atoms with van der Waals surface area (Å²) in [6.07, 6.45) is 6.77. The maximum atomic E-state index is 11.0. The highest BCUT2D eigenvalue weighted by atomic mass is 16.1. The van der Waals surface area contributed by atoms with Gasteiger partial charge in [-0.15, -0.1) is 0 Å². The molecule has 0 fully saturated rings. The molecule has 0 atom stereocenters. The van der Waals surface area contributed by atoms with Crippen LogP contribution < -0.4 is 0 Å². The molecule has 0 aromatic heterocycles. The molecule has 0 bridgehead atoms. The number of hydrogen-bond acceptors (Lipinski definition) is 1. The predicted molar refractivity (Wildman–Crippen MR) is 65.8 cm³/mol. The highest BCUT2D eigenvalue weighted by Crippen LogP contribution is 2.15. The minimum absolute atomic E-state index is 0.442. The van der Waals surface area contributed by atoms with Crippen molar-refractivity contribution >= 4 is 6.41 Å². The molecule has 0 aliphatic carbocycles. The summed E-state index contributed by atoms with van der Waals surface area (Å²) in [6, 6.07) is 0.442. The molecule has 15 heavy (non-hydrogen) atoms. The zero-order valence-corrected chi connectivity index (χ0v) is 10.8. The number of rotatable bonds is 9. The van der Waals surface area contributed by atoms with Gasteiger partial charge in [-0.1, -0.05) is 40.5 Å². The molecule has 0 aromatic rings. The van der Waals surface area contributed by atoms with Gasteiger partial charge < -0.3 is 4.90 Å². The van der Waals surface area contributed by atoms with Gasteiger partial charge in [0.1, 0.15) is 0 Å². The fourth-order valence-electron chi connectivity index (χ4n) is 2.11. The number of carbonyl (C=O) groups is 1. The van der Waals surface area contributed by atoms with Crippen molar-refractivity contribution in [2.45, 2.75) is 65.8 Å². The third-order valence-corrected chi connectivity index (χ3v) is 3.50. The van der Waals surface area contributed by atoms with Crippen molar-refractivity contribution in [1.82, 2.24) is 4.90 Å². The average molecular weight is 213 g/mol. The molecule has 2 nitrogen and oxygen atoms in total. The van der Waals surface area contributed by atoms with Crippen LogP contribution in [0, 0.1) is 5.92 Å². The van der Waals surface area contributed by atoms with Crippen LogP contribution in [0.15, 0.2) is 0 Å². The van der Waals surface area contributed by atoms with Gasteiger partial charge in [-0.05, 0) is 25.2 Å². The number of hydrogen-bond donors (Lipinski definition) is 0. The van der Waals surface area contributed by atoms with Gasteiger partial charge in [-0.25, -0.2) is 0 Å². The van der Waals surface area contributed by atoms with Crippen LogP contribution in [0.4, 0.5) is 0 Å². The smallest absolute Gasteiger partial charge is 0.209 e. The zero-order chi connectivity index (χ0) is 11.7. The first kappa shape index (κ1) is 14.5. The molecule has 0 unspecified atom stereocenters. The van der Waals surface area contributed by atoms with E-state index in [0.717, 1.165) is 38.1 Å². The van der Waals surface area contributed by atoms with Gasteiger partial charge in [0, 0.05) is 12.6 Å². The molecular formula is C13H27NO. The lowest BCUT2D eigenvalue weighted by molar-refractivity contribution is -0.120. The summed E-state index contributed by atoms with van der Waals surface area (Å²) in [4.78, 5) is 13.0. The molecule has 0 rings (SSSR count). The fraction of sp³-hybridized carbons (Fsp3) is 0.923. The minimum Gasteiger partial charge on any atom is -0.342 e. The molecule has 1 amide bonds. The summed E-state index contributed by atoms with van der Waals surface area (Å²) >= 11 is 0. The van der Waals surface area contributed by atoms with E-state index in [1.807, 2.05) is 4.90 Å². The Morgan fingerprint density at radius 1 is 1.00 bits per heavy atom. The lowest BCUT2D eigenvalue weighted by Crippen LogP contribution is -2.34. The van der Waals surface area contributed by atoms with E-state index in [1.165, 1.54) is 12.8 Å². The van der Waals surface area contributed by atoms with Crippen LogP contribution in [0.3, 0.4) is 0 Å². The summed E-state index contributed by atoms with van der Waals surface area (Å²) in [5.74, 6) is 0.779. The van der Waals surface area contributed by atoms with E-state index >= 15 is 0 Å². The molecular weight excluding hydrogens is 186 g/mol. The second-order valence-electron chi connectivity index (χ2n) is 4.28. The van der Waals surface area contributed by atoms with Gasteiger partial charge >= 0.3 is 0 Å². The largest absolute Gasteiger partial charge is 0.342 e. The van der Waals surface area contributed by atoms with Crippen LogP contribution in [0.5, 0.6) is 0 Å². The van der Waals surface area contributed by atoms with Gasteiger partial charge in [-0.3, -0.25) is 4.79 Å². The summed E-state index contributed by atoms with van der Waals surface area (Å²) < 4.78 is 0. The summed E-state index contributed by atoms with van der Waals surface area (Å²) in [5, 5.41) is 0. The topological polar surface area (TPSA) is 20.3 Å². The van der Waals surface area contributed by atoms with Crippen molar-refractivity contribution in [3.63, 3.8) is 0 Å². The highest BCUT2D eigenvalue weighted by Gasteiger charge is 2.14. The Morgan fingerprint density at radius 3 is 1.87 bits per heavy atom. The van der Waals surface area contributed by atoms with Gasteiger partial charge in [-0.2, -0.15) is 0 Å². The second kappa shape index (κ2) is 8.75. The molecule has 0 spiro atoms. The summed E-state index contributed by atoms with van der Waals surface area (Å²) in [7, 11) is 0. The first-order chi connectivity index (χ1) is 7.23. The Morgan fingerprint density at radius 2 is 1.53 bits per heavy atom. The number of carbonyl (C=O) groups excluding carboxylic acids is 1. The van der Waals surface area contributed by atoms with Gasteiger partial charge in [0.25, 0.3) is 0 Å². The standard InChI is InChI=1S/C13H27NO/c1-5-12(6-2)9-10-14(11-15)13(7-3)8-4/h11-13H,5-10H2,1-4H3. The molecule has 90 valence electrons. The Hall–Kier alpha value is -0.530. The maximum absolute atomic E-state index is 11.0. The van der Waals surface area contributed by atoms with E-state index in [0.29, 0.717) is 6.04 Å². The van der Waals surface area contributed by atoms with Crippen LogP contribution >= 0.6 is 0 Å². The third-order valence-electron chi connectivity index (χ3n) is 3.50. The van der Waals surface area contributed by atoms with Gasteiger partial charge in [0.05, 0.1) is 0 Å².